The van der Waals surface area contributed by atoms with Gasteiger partial charge < -0.3 is 15.5 Å². The van der Waals surface area contributed by atoms with E-state index in [1.807, 2.05) is 4.90 Å². The topological polar surface area (TPSA) is 49.6 Å². The molecular weight excluding hydrogens is 322 g/mol. The number of urea groups is 1. The zero-order valence-corrected chi connectivity index (χ0v) is 16.2. The predicted molar refractivity (Wildman–Crippen MR) is 109 cm³/mol. The molecule has 2 N–H and O–H groups in total. The van der Waals surface area contributed by atoms with Gasteiger partial charge >= 0.3 is 6.03 Å². The lowest BCUT2D eigenvalue weighted by atomic mass is 9.94. The Hall–Kier alpha value is -1.71. The van der Waals surface area contributed by atoms with Crippen molar-refractivity contribution < 1.29 is 4.79 Å². The second-order valence-electron chi connectivity index (χ2n) is 7.96. The SMILES string of the molecule is NC(=O)N(CCCCCCN1CCCc2ccccc21)C1CCCCC1. The number of carbonyl (C=O) groups is 1. The number of unbranched alkanes of at least 4 members (excludes halogenated alkanes) is 3. The van der Waals surface area contributed by atoms with E-state index in [9.17, 15) is 4.79 Å². The molecule has 2 aliphatic rings. The third-order valence-corrected chi connectivity index (χ3v) is 6.08. The number of primary amides is 1. The van der Waals surface area contributed by atoms with Crippen molar-refractivity contribution in [3.63, 3.8) is 0 Å². The smallest absolute Gasteiger partial charge is 0.315 e. The Balaban J connectivity index is 1.35. The standard InChI is InChI=1S/C22H35N3O/c23-22(26)25(20-13-4-3-5-14-20)18-9-2-1-8-16-24-17-10-12-19-11-6-7-15-21(19)24/h6-7,11,15,20H,1-5,8-10,12-14,16-18H2,(H2,23,26). The number of hydrogen-bond donors (Lipinski definition) is 1. The molecule has 1 aromatic rings. The van der Waals surface area contributed by atoms with Crippen LogP contribution in [0.15, 0.2) is 24.3 Å². The first-order chi connectivity index (χ1) is 12.8. The van der Waals surface area contributed by atoms with Gasteiger partial charge in [0.25, 0.3) is 0 Å². The average Bonchev–Trinajstić information content (AvgIpc) is 2.68. The number of rotatable bonds is 8. The van der Waals surface area contributed by atoms with Crippen LogP contribution in [0.5, 0.6) is 0 Å². The normalized spacial score (nSPS) is 17.8. The van der Waals surface area contributed by atoms with Gasteiger partial charge in [-0.3, -0.25) is 0 Å². The molecule has 0 bridgehead atoms. The molecule has 1 heterocycles. The monoisotopic (exact) mass is 357 g/mol. The fraction of sp³-hybridized carbons (Fsp3) is 0.682. The minimum atomic E-state index is -0.221. The van der Waals surface area contributed by atoms with E-state index in [1.165, 1.54) is 69.2 Å². The molecule has 2 amide bonds. The highest BCUT2D eigenvalue weighted by Gasteiger charge is 2.23. The zero-order chi connectivity index (χ0) is 18.2. The van der Waals surface area contributed by atoms with Gasteiger partial charge in [-0.25, -0.2) is 4.79 Å². The van der Waals surface area contributed by atoms with Crippen molar-refractivity contribution in [2.45, 2.75) is 76.7 Å². The van der Waals surface area contributed by atoms with E-state index in [4.69, 9.17) is 5.73 Å². The summed E-state index contributed by atoms with van der Waals surface area (Å²) in [6.07, 6.45) is 13.3. The van der Waals surface area contributed by atoms with E-state index in [2.05, 4.69) is 29.2 Å². The lowest BCUT2D eigenvalue weighted by Gasteiger charge is -2.33. The van der Waals surface area contributed by atoms with Crippen molar-refractivity contribution in [1.82, 2.24) is 4.90 Å². The van der Waals surface area contributed by atoms with Gasteiger partial charge in [0.1, 0.15) is 0 Å². The van der Waals surface area contributed by atoms with E-state index in [0.717, 1.165) is 32.4 Å². The predicted octanol–water partition coefficient (Wildman–Crippen LogP) is 4.71. The number of aryl methyl sites for hydroxylation is 1. The van der Waals surface area contributed by atoms with Gasteiger partial charge in [-0.15, -0.1) is 0 Å². The molecule has 4 heteroatoms. The van der Waals surface area contributed by atoms with Crippen LogP contribution in [0.4, 0.5) is 10.5 Å². The summed E-state index contributed by atoms with van der Waals surface area (Å²) in [6.45, 7) is 3.18. The Morgan fingerprint density at radius 2 is 1.81 bits per heavy atom. The highest BCUT2D eigenvalue weighted by Crippen LogP contribution is 2.27. The lowest BCUT2D eigenvalue weighted by molar-refractivity contribution is 0.162. The maximum Gasteiger partial charge on any atom is 0.315 e. The molecule has 1 aliphatic heterocycles. The third-order valence-electron chi connectivity index (χ3n) is 6.08. The maximum atomic E-state index is 11.8. The summed E-state index contributed by atoms with van der Waals surface area (Å²) in [5.41, 5.74) is 8.58. The van der Waals surface area contributed by atoms with E-state index in [0.29, 0.717) is 6.04 Å². The lowest BCUT2D eigenvalue weighted by Crippen LogP contribution is -2.45. The summed E-state index contributed by atoms with van der Waals surface area (Å²) in [7, 11) is 0. The van der Waals surface area contributed by atoms with Crippen LogP contribution < -0.4 is 10.6 Å². The molecule has 0 saturated heterocycles. The van der Waals surface area contributed by atoms with Crippen molar-refractivity contribution in [3.8, 4) is 0 Å². The molecule has 0 radical (unpaired) electrons. The summed E-state index contributed by atoms with van der Waals surface area (Å²) in [4.78, 5) is 16.3. The fourth-order valence-electron chi connectivity index (χ4n) is 4.65. The number of fused-ring (bicyclic) bond motifs is 1. The Morgan fingerprint density at radius 3 is 2.62 bits per heavy atom. The molecule has 26 heavy (non-hydrogen) atoms. The zero-order valence-electron chi connectivity index (χ0n) is 16.2. The number of hydrogen-bond acceptors (Lipinski definition) is 2. The number of carbonyl (C=O) groups excluding carboxylic acids is 1. The number of benzene rings is 1. The molecule has 1 aliphatic carbocycles. The number of amides is 2. The van der Waals surface area contributed by atoms with Crippen molar-refractivity contribution >= 4 is 11.7 Å². The van der Waals surface area contributed by atoms with Crippen molar-refractivity contribution in [2.75, 3.05) is 24.5 Å². The van der Waals surface area contributed by atoms with Gasteiger partial charge in [-0.1, -0.05) is 50.3 Å². The quantitative estimate of drug-likeness (QED) is 0.685. The second kappa shape index (κ2) is 9.84. The van der Waals surface area contributed by atoms with E-state index in [-0.39, 0.29) is 6.03 Å². The van der Waals surface area contributed by atoms with Crippen molar-refractivity contribution in [2.24, 2.45) is 5.73 Å². The third kappa shape index (κ3) is 5.15. The van der Waals surface area contributed by atoms with Crippen molar-refractivity contribution in [1.29, 1.82) is 0 Å². The summed E-state index contributed by atoms with van der Waals surface area (Å²) in [5.74, 6) is 0. The maximum absolute atomic E-state index is 11.8. The summed E-state index contributed by atoms with van der Waals surface area (Å²) in [6, 6.07) is 9.02. The van der Waals surface area contributed by atoms with Gasteiger partial charge in [0.15, 0.2) is 0 Å². The van der Waals surface area contributed by atoms with Crippen LogP contribution in [0.25, 0.3) is 0 Å². The average molecular weight is 358 g/mol. The Bertz CT molecular complexity index is 568. The van der Waals surface area contributed by atoms with Crippen LogP contribution in [-0.2, 0) is 6.42 Å². The first-order valence-corrected chi connectivity index (χ1v) is 10.6. The number of para-hydroxylation sites is 1. The van der Waals surface area contributed by atoms with Crippen LogP contribution in [0.3, 0.4) is 0 Å². The molecule has 3 rings (SSSR count). The van der Waals surface area contributed by atoms with Gasteiger partial charge in [-0.05, 0) is 50.2 Å². The van der Waals surface area contributed by atoms with Crippen LogP contribution in [0.1, 0.15) is 69.8 Å². The Morgan fingerprint density at radius 1 is 1.04 bits per heavy atom. The van der Waals surface area contributed by atoms with Crippen molar-refractivity contribution in [3.05, 3.63) is 29.8 Å². The summed E-state index contributed by atoms with van der Waals surface area (Å²) >= 11 is 0. The first-order valence-electron chi connectivity index (χ1n) is 10.6. The van der Waals surface area contributed by atoms with Gasteiger partial charge in [0.2, 0.25) is 0 Å². The Labute approximate surface area is 158 Å². The molecule has 4 nitrogen and oxygen atoms in total. The van der Waals surface area contributed by atoms with Crippen LogP contribution in [-0.4, -0.2) is 36.6 Å². The minimum Gasteiger partial charge on any atom is -0.371 e. The van der Waals surface area contributed by atoms with E-state index < -0.39 is 0 Å². The highest BCUT2D eigenvalue weighted by atomic mass is 16.2. The summed E-state index contributed by atoms with van der Waals surface area (Å²) < 4.78 is 0. The molecule has 1 aromatic carbocycles. The van der Waals surface area contributed by atoms with E-state index in [1.54, 1.807) is 0 Å². The van der Waals surface area contributed by atoms with Crippen LogP contribution in [0.2, 0.25) is 0 Å². The molecule has 0 unspecified atom stereocenters. The van der Waals surface area contributed by atoms with Gasteiger partial charge in [0, 0.05) is 31.4 Å². The molecular formula is C22H35N3O. The number of nitrogens with two attached hydrogens (primary N) is 1. The second-order valence-corrected chi connectivity index (χ2v) is 7.96. The highest BCUT2D eigenvalue weighted by molar-refractivity contribution is 5.72. The molecule has 1 fully saturated rings. The van der Waals surface area contributed by atoms with Gasteiger partial charge in [-0.2, -0.15) is 0 Å². The molecule has 144 valence electrons. The summed E-state index contributed by atoms with van der Waals surface area (Å²) in [5, 5.41) is 0. The Kier molecular flexibility index (Phi) is 7.22. The van der Waals surface area contributed by atoms with E-state index >= 15 is 0 Å². The van der Waals surface area contributed by atoms with Crippen LogP contribution >= 0.6 is 0 Å². The molecule has 1 saturated carbocycles. The van der Waals surface area contributed by atoms with Crippen LogP contribution in [0, 0.1) is 0 Å². The first kappa shape index (κ1) is 19.1. The van der Waals surface area contributed by atoms with Gasteiger partial charge in [0.05, 0.1) is 0 Å². The molecule has 0 atom stereocenters. The number of anilines is 1. The largest absolute Gasteiger partial charge is 0.371 e. The molecule has 0 spiro atoms. The minimum absolute atomic E-state index is 0.221. The fourth-order valence-corrected chi connectivity index (χ4v) is 4.65. The number of nitrogens with zero attached hydrogens (tertiary/aromatic N) is 2. The molecule has 0 aromatic heterocycles.